The number of carboxylic acids is 1. The minimum absolute atomic E-state index is 0.111. The second kappa shape index (κ2) is 3.20. The summed E-state index contributed by atoms with van der Waals surface area (Å²) in [5.41, 5.74) is -0.733. The molecular formula is C10H15NO4. The third-order valence-corrected chi connectivity index (χ3v) is 3.36. The van der Waals surface area contributed by atoms with E-state index in [1.54, 1.807) is 4.90 Å². The van der Waals surface area contributed by atoms with Gasteiger partial charge in [-0.05, 0) is 12.8 Å². The standard InChI is InChI=1S/C10H15NO4/c1-2-10(15)4-11(5-10)8(12)6-3-7(6)9(13)14/h6-7,15H,2-5H2,1H3,(H,13,14). The summed E-state index contributed by atoms with van der Waals surface area (Å²) < 4.78 is 0. The summed E-state index contributed by atoms with van der Waals surface area (Å²) in [5, 5.41) is 18.4. The Morgan fingerprint density at radius 1 is 1.40 bits per heavy atom. The molecule has 0 aromatic carbocycles. The molecule has 1 saturated carbocycles. The lowest BCUT2D eigenvalue weighted by Gasteiger charge is -2.46. The third kappa shape index (κ3) is 1.71. The highest BCUT2D eigenvalue weighted by Crippen LogP contribution is 2.41. The Hall–Kier alpha value is -1.10. The van der Waals surface area contributed by atoms with Crippen LogP contribution in [0.1, 0.15) is 19.8 Å². The van der Waals surface area contributed by atoms with Gasteiger partial charge in [-0.25, -0.2) is 0 Å². The molecule has 84 valence electrons. The predicted octanol–water partition coefficient (Wildman–Crippen LogP) is -0.310. The van der Waals surface area contributed by atoms with E-state index in [4.69, 9.17) is 5.11 Å². The second-order valence-electron chi connectivity index (χ2n) is 4.56. The van der Waals surface area contributed by atoms with Crippen LogP contribution in [0.25, 0.3) is 0 Å². The molecule has 2 atom stereocenters. The Morgan fingerprint density at radius 2 is 2.00 bits per heavy atom. The van der Waals surface area contributed by atoms with Crippen molar-refractivity contribution in [3.63, 3.8) is 0 Å². The van der Waals surface area contributed by atoms with Gasteiger partial charge < -0.3 is 15.1 Å². The fourth-order valence-electron chi connectivity index (χ4n) is 2.02. The first-order valence-electron chi connectivity index (χ1n) is 5.21. The van der Waals surface area contributed by atoms with Crippen molar-refractivity contribution < 1.29 is 19.8 Å². The number of carbonyl (C=O) groups is 2. The molecule has 0 bridgehead atoms. The van der Waals surface area contributed by atoms with Crippen LogP contribution in [0.3, 0.4) is 0 Å². The number of likely N-dealkylation sites (tertiary alicyclic amines) is 1. The zero-order valence-corrected chi connectivity index (χ0v) is 8.64. The maximum atomic E-state index is 11.7. The van der Waals surface area contributed by atoms with Gasteiger partial charge in [-0.3, -0.25) is 9.59 Å². The zero-order valence-electron chi connectivity index (χ0n) is 8.64. The number of nitrogens with zero attached hydrogens (tertiary/aromatic N) is 1. The first kappa shape index (κ1) is 10.4. The van der Waals surface area contributed by atoms with E-state index in [1.165, 1.54) is 0 Å². The Bertz CT molecular complexity index is 309. The van der Waals surface area contributed by atoms with Crippen LogP contribution in [0.5, 0.6) is 0 Å². The number of hydrogen-bond acceptors (Lipinski definition) is 3. The minimum atomic E-state index is -0.889. The van der Waals surface area contributed by atoms with E-state index in [-0.39, 0.29) is 11.8 Å². The van der Waals surface area contributed by atoms with E-state index in [2.05, 4.69) is 0 Å². The quantitative estimate of drug-likeness (QED) is 0.674. The SMILES string of the molecule is CCC1(O)CN(C(=O)C2CC2C(=O)O)C1. The molecule has 1 aliphatic heterocycles. The summed E-state index contributed by atoms with van der Waals surface area (Å²) >= 11 is 0. The summed E-state index contributed by atoms with van der Waals surface area (Å²) in [6.07, 6.45) is 1.08. The average molecular weight is 213 g/mol. The Morgan fingerprint density at radius 3 is 2.40 bits per heavy atom. The molecule has 5 heteroatoms. The summed E-state index contributed by atoms with van der Waals surface area (Å²) in [4.78, 5) is 23.8. The number of rotatable bonds is 3. The molecule has 1 heterocycles. The van der Waals surface area contributed by atoms with Crippen molar-refractivity contribution in [3.8, 4) is 0 Å². The molecule has 1 amide bonds. The third-order valence-electron chi connectivity index (χ3n) is 3.36. The molecule has 0 radical (unpaired) electrons. The smallest absolute Gasteiger partial charge is 0.307 e. The van der Waals surface area contributed by atoms with E-state index in [1.807, 2.05) is 6.92 Å². The maximum absolute atomic E-state index is 11.7. The number of β-amino-alcohol motifs (C(OH)–C–C–N with tert-alkyl or cyclic N) is 1. The molecule has 0 spiro atoms. The van der Waals surface area contributed by atoms with Crippen LogP contribution in [0.4, 0.5) is 0 Å². The molecule has 1 aliphatic carbocycles. The van der Waals surface area contributed by atoms with Gasteiger partial charge in [0.2, 0.25) is 5.91 Å². The van der Waals surface area contributed by atoms with Crippen LogP contribution in [0.15, 0.2) is 0 Å². The summed E-state index contributed by atoms with van der Waals surface area (Å²) in [6, 6.07) is 0. The van der Waals surface area contributed by atoms with Crippen molar-refractivity contribution in [2.75, 3.05) is 13.1 Å². The molecule has 0 aromatic heterocycles. The molecular weight excluding hydrogens is 198 g/mol. The van der Waals surface area contributed by atoms with Gasteiger partial charge in [0.05, 0.1) is 30.5 Å². The molecule has 0 aromatic rings. The fourth-order valence-corrected chi connectivity index (χ4v) is 2.02. The van der Waals surface area contributed by atoms with Gasteiger partial charge in [0, 0.05) is 0 Å². The monoisotopic (exact) mass is 213 g/mol. The predicted molar refractivity (Wildman–Crippen MR) is 51.1 cm³/mol. The first-order chi connectivity index (χ1) is 6.97. The fraction of sp³-hybridized carbons (Fsp3) is 0.800. The highest BCUT2D eigenvalue weighted by Gasteiger charge is 2.53. The minimum Gasteiger partial charge on any atom is -0.481 e. The van der Waals surface area contributed by atoms with Crippen LogP contribution in [0, 0.1) is 11.8 Å². The number of hydrogen-bond donors (Lipinski definition) is 2. The normalized spacial score (nSPS) is 32.0. The van der Waals surface area contributed by atoms with E-state index >= 15 is 0 Å². The highest BCUT2D eigenvalue weighted by atomic mass is 16.4. The first-order valence-corrected chi connectivity index (χ1v) is 5.21. The molecule has 2 fully saturated rings. The van der Waals surface area contributed by atoms with Crippen molar-refractivity contribution in [1.82, 2.24) is 4.90 Å². The van der Waals surface area contributed by atoms with E-state index in [9.17, 15) is 14.7 Å². The molecule has 2 unspecified atom stereocenters. The molecule has 2 rings (SSSR count). The summed E-state index contributed by atoms with van der Waals surface area (Å²) in [7, 11) is 0. The lowest BCUT2D eigenvalue weighted by molar-refractivity contribution is -0.158. The van der Waals surface area contributed by atoms with Crippen molar-refractivity contribution >= 4 is 11.9 Å². The van der Waals surface area contributed by atoms with Gasteiger partial charge in [0.1, 0.15) is 0 Å². The van der Waals surface area contributed by atoms with E-state index < -0.39 is 17.5 Å². The lowest BCUT2D eigenvalue weighted by Crippen LogP contribution is -2.63. The van der Waals surface area contributed by atoms with Gasteiger partial charge in [0.15, 0.2) is 0 Å². The van der Waals surface area contributed by atoms with Gasteiger partial charge in [-0.15, -0.1) is 0 Å². The molecule has 2 aliphatic rings. The van der Waals surface area contributed by atoms with Crippen LogP contribution in [-0.4, -0.2) is 45.7 Å². The number of aliphatic carboxylic acids is 1. The molecule has 2 N–H and O–H groups in total. The van der Waals surface area contributed by atoms with Crippen molar-refractivity contribution in [2.45, 2.75) is 25.4 Å². The number of aliphatic hydroxyl groups is 1. The number of carbonyl (C=O) groups excluding carboxylic acids is 1. The van der Waals surface area contributed by atoms with Crippen LogP contribution in [-0.2, 0) is 9.59 Å². The molecule has 1 saturated heterocycles. The Kier molecular flexibility index (Phi) is 2.22. The largest absolute Gasteiger partial charge is 0.481 e. The van der Waals surface area contributed by atoms with Gasteiger partial charge >= 0.3 is 5.97 Å². The highest BCUT2D eigenvalue weighted by molar-refractivity contribution is 5.90. The van der Waals surface area contributed by atoms with Gasteiger partial charge in [0.25, 0.3) is 0 Å². The summed E-state index contributed by atoms with van der Waals surface area (Å²) in [6.45, 7) is 2.58. The Labute approximate surface area is 87.7 Å². The van der Waals surface area contributed by atoms with Gasteiger partial charge in [-0.1, -0.05) is 6.92 Å². The maximum Gasteiger partial charge on any atom is 0.307 e. The van der Waals surface area contributed by atoms with Crippen LogP contribution in [0.2, 0.25) is 0 Å². The Balaban J connectivity index is 1.84. The topological polar surface area (TPSA) is 77.8 Å². The zero-order chi connectivity index (χ0) is 11.2. The molecule has 15 heavy (non-hydrogen) atoms. The second-order valence-corrected chi connectivity index (χ2v) is 4.56. The van der Waals surface area contributed by atoms with E-state index in [0.29, 0.717) is 25.9 Å². The lowest BCUT2D eigenvalue weighted by atomic mass is 9.91. The van der Waals surface area contributed by atoms with Gasteiger partial charge in [-0.2, -0.15) is 0 Å². The van der Waals surface area contributed by atoms with Crippen LogP contribution >= 0.6 is 0 Å². The van der Waals surface area contributed by atoms with Crippen molar-refractivity contribution in [1.29, 1.82) is 0 Å². The number of carboxylic acid groups (broad SMARTS) is 1. The summed E-state index contributed by atoms with van der Waals surface area (Å²) in [5.74, 6) is -1.84. The average Bonchev–Trinajstić information content (AvgIpc) is 2.91. The van der Waals surface area contributed by atoms with Crippen molar-refractivity contribution in [2.24, 2.45) is 11.8 Å². The van der Waals surface area contributed by atoms with Crippen molar-refractivity contribution in [3.05, 3.63) is 0 Å². The van der Waals surface area contributed by atoms with Crippen LogP contribution < -0.4 is 0 Å². The van der Waals surface area contributed by atoms with E-state index in [0.717, 1.165) is 0 Å². The number of amides is 1. The molecule has 5 nitrogen and oxygen atoms in total.